The van der Waals surface area contributed by atoms with Gasteiger partial charge in [-0.05, 0) is 72.7 Å². The van der Waals surface area contributed by atoms with Gasteiger partial charge in [-0.2, -0.15) is 0 Å². The van der Waals surface area contributed by atoms with Crippen LogP contribution in [-0.4, -0.2) is 17.9 Å². The molecule has 1 unspecified atom stereocenters. The molecule has 0 radical (unpaired) electrons. The van der Waals surface area contributed by atoms with Gasteiger partial charge in [0.25, 0.3) is 0 Å². The van der Waals surface area contributed by atoms with E-state index in [1.165, 1.54) is 27.8 Å². The predicted molar refractivity (Wildman–Crippen MR) is 108 cm³/mol. The van der Waals surface area contributed by atoms with E-state index in [1.807, 2.05) is 12.1 Å². The molecule has 1 atom stereocenters. The summed E-state index contributed by atoms with van der Waals surface area (Å²) in [7, 11) is 0. The van der Waals surface area contributed by atoms with Crippen LogP contribution in [0, 0.1) is 20.8 Å². The van der Waals surface area contributed by atoms with Crippen molar-refractivity contribution in [2.75, 3.05) is 6.54 Å². The van der Waals surface area contributed by atoms with Crippen molar-refractivity contribution in [1.82, 2.24) is 0 Å². The Kier molecular flexibility index (Phi) is 6.19. The first-order valence-corrected chi connectivity index (χ1v) is 8.90. The van der Waals surface area contributed by atoms with E-state index in [1.54, 1.807) is 6.21 Å². The summed E-state index contributed by atoms with van der Waals surface area (Å²) in [6.45, 7) is 15.3. The Hall–Kier alpha value is -2.35. The van der Waals surface area contributed by atoms with Crippen LogP contribution in [0.25, 0.3) is 0 Å². The Labute approximate surface area is 152 Å². The Balaban J connectivity index is 2.07. The molecule has 2 aromatic carbocycles. The van der Waals surface area contributed by atoms with Gasteiger partial charge in [-0.1, -0.05) is 38.6 Å². The fourth-order valence-electron chi connectivity index (χ4n) is 2.91. The number of rotatable bonds is 6. The number of nitrogens with zero attached hydrogens (tertiary/aromatic N) is 1. The van der Waals surface area contributed by atoms with E-state index in [2.05, 4.69) is 64.4 Å². The van der Waals surface area contributed by atoms with Crippen LogP contribution in [0.15, 0.2) is 47.5 Å². The molecule has 2 heteroatoms. The van der Waals surface area contributed by atoms with Crippen LogP contribution in [0.5, 0.6) is 5.75 Å². The predicted octanol–water partition coefficient (Wildman–Crippen LogP) is 5.66. The van der Waals surface area contributed by atoms with Crippen molar-refractivity contribution in [2.45, 2.75) is 47.0 Å². The number of phenolic OH excluding ortho intramolecular Hbond substituents is 1. The minimum Gasteiger partial charge on any atom is -0.507 e. The van der Waals surface area contributed by atoms with Crippen molar-refractivity contribution >= 4 is 6.21 Å². The van der Waals surface area contributed by atoms with Gasteiger partial charge in [0.05, 0.1) is 6.54 Å². The highest BCUT2D eigenvalue weighted by atomic mass is 16.3. The second kappa shape index (κ2) is 8.15. The number of aryl methyl sites for hydroxylation is 4. The van der Waals surface area contributed by atoms with Crippen LogP contribution in [0.1, 0.15) is 53.1 Å². The molecule has 2 nitrogen and oxygen atoms in total. The second-order valence-corrected chi connectivity index (χ2v) is 6.88. The minimum atomic E-state index is 0.259. The zero-order valence-corrected chi connectivity index (χ0v) is 16.1. The van der Waals surface area contributed by atoms with Gasteiger partial charge in [0.1, 0.15) is 5.75 Å². The third-order valence-corrected chi connectivity index (χ3v) is 5.03. The highest BCUT2D eigenvalue weighted by Gasteiger charge is 2.10. The van der Waals surface area contributed by atoms with E-state index in [9.17, 15) is 5.11 Å². The van der Waals surface area contributed by atoms with E-state index < -0.39 is 0 Å². The summed E-state index contributed by atoms with van der Waals surface area (Å²) in [6, 6.07) is 10.4. The van der Waals surface area contributed by atoms with Gasteiger partial charge in [0.2, 0.25) is 0 Å². The molecular weight excluding hydrogens is 306 g/mol. The van der Waals surface area contributed by atoms with Gasteiger partial charge < -0.3 is 5.11 Å². The van der Waals surface area contributed by atoms with E-state index in [0.717, 1.165) is 17.6 Å². The third-order valence-electron chi connectivity index (χ3n) is 5.03. The molecule has 0 amide bonds. The highest BCUT2D eigenvalue weighted by molar-refractivity contribution is 5.84. The first-order chi connectivity index (χ1) is 11.8. The molecule has 0 spiro atoms. The quantitative estimate of drug-likeness (QED) is 0.536. The highest BCUT2D eigenvalue weighted by Crippen LogP contribution is 2.25. The fourth-order valence-corrected chi connectivity index (χ4v) is 2.91. The zero-order valence-electron chi connectivity index (χ0n) is 16.1. The summed E-state index contributed by atoms with van der Waals surface area (Å²) in [5.74, 6) is 0.549. The van der Waals surface area contributed by atoms with Crippen LogP contribution in [0.2, 0.25) is 0 Å². The summed E-state index contributed by atoms with van der Waals surface area (Å²) in [6.07, 6.45) is 2.67. The molecule has 0 saturated carbocycles. The first-order valence-electron chi connectivity index (χ1n) is 8.90. The van der Waals surface area contributed by atoms with Gasteiger partial charge in [-0.3, -0.25) is 4.99 Å². The average molecular weight is 335 g/mol. The Morgan fingerprint density at radius 3 is 2.48 bits per heavy atom. The number of phenols is 1. The topological polar surface area (TPSA) is 32.6 Å². The van der Waals surface area contributed by atoms with E-state index >= 15 is 0 Å². The van der Waals surface area contributed by atoms with Crippen molar-refractivity contribution in [3.8, 4) is 5.75 Å². The van der Waals surface area contributed by atoms with Crippen LogP contribution < -0.4 is 0 Å². The number of hydrogen-bond acceptors (Lipinski definition) is 2. The molecular formula is C23H29NO. The van der Waals surface area contributed by atoms with Crippen molar-refractivity contribution in [3.63, 3.8) is 0 Å². The lowest BCUT2D eigenvalue weighted by Gasteiger charge is -2.15. The maximum absolute atomic E-state index is 10.1. The minimum absolute atomic E-state index is 0.259. The van der Waals surface area contributed by atoms with E-state index in [-0.39, 0.29) is 5.92 Å². The molecule has 0 aliphatic carbocycles. The molecule has 2 aromatic rings. The number of benzene rings is 2. The summed E-state index contributed by atoms with van der Waals surface area (Å²) >= 11 is 0. The second-order valence-electron chi connectivity index (χ2n) is 6.88. The molecule has 0 aliphatic rings. The van der Waals surface area contributed by atoms with Gasteiger partial charge in [-0.15, -0.1) is 0 Å². The molecule has 0 saturated heterocycles. The molecule has 1 N–H and O–H groups in total. The van der Waals surface area contributed by atoms with E-state index in [4.69, 9.17) is 0 Å². The summed E-state index contributed by atoms with van der Waals surface area (Å²) in [5, 5.41) is 10.1. The Bertz CT molecular complexity index is 802. The van der Waals surface area contributed by atoms with Gasteiger partial charge in [-0.25, -0.2) is 0 Å². The largest absolute Gasteiger partial charge is 0.507 e. The monoisotopic (exact) mass is 335 g/mol. The van der Waals surface area contributed by atoms with Gasteiger partial charge >= 0.3 is 0 Å². The summed E-state index contributed by atoms with van der Waals surface area (Å²) in [5.41, 5.74) is 8.07. The number of hydrogen-bond donors (Lipinski definition) is 1. The number of aliphatic imine (C=N–C) groups is 1. The van der Waals surface area contributed by atoms with Gasteiger partial charge in [0.15, 0.2) is 0 Å². The smallest absolute Gasteiger partial charge is 0.124 e. The molecule has 0 fully saturated rings. The molecule has 25 heavy (non-hydrogen) atoms. The van der Waals surface area contributed by atoms with E-state index in [0.29, 0.717) is 12.3 Å². The van der Waals surface area contributed by atoms with Gasteiger partial charge in [0, 0.05) is 17.7 Å². The lowest BCUT2D eigenvalue weighted by molar-refractivity contribution is 0.473. The van der Waals surface area contributed by atoms with Crippen LogP contribution in [0.3, 0.4) is 0 Å². The standard InChI is InChI=1S/C23H29NO/c1-7-20-12-23(25)22(11-17(20)4)14-24-13-18(5)19(6)21-9-8-15(2)16(3)10-21/h8-12,14,19,25H,5,7,13H2,1-4,6H3/b24-14+. The molecule has 0 heterocycles. The third kappa shape index (κ3) is 4.60. The summed E-state index contributed by atoms with van der Waals surface area (Å²) < 4.78 is 0. The summed E-state index contributed by atoms with van der Waals surface area (Å²) in [4.78, 5) is 4.50. The van der Waals surface area contributed by atoms with Crippen molar-refractivity contribution in [3.05, 3.63) is 75.9 Å². The molecule has 0 aromatic heterocycles. The van der Waals surface area contributed by atoms with Crippen molar-refractivity contribution in [1.29, 1.82) is 0 Å². The zero-order chi connectivity index (χ0) is 18.6. The maximum Gasteiger partial charge on any atom is 0.124 e. The lowest BCUT2D eigenvalue weighted by Crippen LogP contribution is -2.01. The van der Waals surface area contributed by atoms with Crippen molar-refractivity contribution in [2.24, 2.45) is 4.99 Å². The van der Waals surface area contributed by atoms with Crippen LogP contribution >= 0.6 is 0 Å². The van der Waals surface area contributed by atoms with Crippen LogP contribution in [-0.2, 0) is 6.42 Å². The Morgan fingerprint density at radius 1 is 1.12 bits per heavy atom. The number of aromatic hydroxyl groups is 1. The maximum atomic E-state index is 10.1. The Morgan fingerprint density at radius 2 is 1.84 bits per heavy atom. The van der Waals surface area contributed by atoms with Crippen molar-refractivity contribution < 1.29 is 5.11 Å². The SMILES string of the molecule is C=C(C/N=C/c1cc(C)c(CC)cc1O)C(C)c1ccc(C)c(C)c1. The molecule has 2 rings (SSSR count). The normalized spacial score (nSPS) is 12.5. The van der Waals surface area contributed by atoms with Crippen LogP contribution in [0.4, 0.5) is 0 Å². The molecule has 132 valence electrons. The molecule has 0 bridgehead atoms. The average Bonchev–Trinajstić information content (AvgIpc) is 2.59. The molecule has 0 aliphatic heterocycles. The first kappa shape index (κ1) is 19.0. The lowest BCUT2D eigenvalue weighted by atomic mass is 9.91. The fraction of sp³-hybridized carbons (Fsp3) is 0.348.